The van der Waals surface area contributed by atoms with E-state index in [4.69, 9.17) is 11.6 Å². The van der Waals surface area contributed by atoms with Crippen LogP contribution in [0.15, 0.2) is 71.6 Å². The molecule has 29 heavy (non-hydrogen) atoms. The molecule has 1 amide bonds. The molecule has 3 aromatic rings. The molecule has 1 aliphatic heterocycles. The molecule has 0 saturated carbocycles. The van der Waals surface area contributed by atoms with Gasteiger partial charge < -0.3 is 5.32 Å². The quantitative estimate of drug-likeness (QED) is 0.668. The Morgan fingerprint density at radius 1 is 1.03 bits per heavy atom. The predicted octanol–water partition coefficient (Wildman–Crippen LogP) is 3.96. The first kappa shape index (κ1) is 19.9. The molecule has 0 radical (unpaired) electrons. The van der Waals surface area contributed by atoms with E-state index in [-0.39, 0.29) is 10.8 Å². The molecule has 0 aliphatic carbocycles. The molecule has 5 nitrogen and oxygen atoms in total. The van der Waals surface area contributed by atoms with Crippen LogP contribution in [0, 0.1) is 0 Å². The molecule has 0 spiro atoms. The fourth-order valence-electron chi connectivity index (χ4n) is 3.69. The van der Waals surface area contributed by atoms with Crippen molar-refractivity contribution in [2.45, 2.75) is 30.3 Å². The van der Waals surface area contributed by atoms with Crippen LogP contribution in [0.4, 0.5) is 0 Å². The van der Waals surface area contributed by atoms with E-state index in [1.807, 2.05) is 42.5 Å². The highest BCUT2D eigenvalue weighted by Gasteiger charge is 2.39. The summed E-state index contributed by atoms with van der Waals surface area (Å²) in [6.45, 7) is 0.689. The monoisotopic (exact) mass is 428 g/mol. The van der Waals surface area contributed by atoms with Gasteiger partial charge >= 0.3 is 0 Å². The van der Waals surface area contributed by atoms with Crippen LogP contribution in [0.1, 0.15) is 18.4 Å². The van der Waals surface area contributed by atoms with Crippen LogP contribution in [0.2, 0.25) is 5.02 Å². The summed E-state index contributed by atoms with van der Waals surface area (Å²) >= 11 is 5.86. The van der Waals surface area contributed by atoms with E-state index in [0.29, 0.717) is 31.0 Å². The first-order chi connectivity index (χ1) is 13.9. The van der Waals surface area contributed by atoms with Crippen molar-refractivity contribution >= 4 is 38.3 Å². The Morgan fingerprint density at radius 2 is 1.76 bits per heavy atom. The van der Waals surface area contributed by atoms with Gasteiger partial charge in [-0.3, -0.25) is 4.79 Å². The Hall–Kier alpha value is -2.41. The van der Waals surface area contributed by atoms with Crippen molar-refractivity contribution in [1.82, 2.24) is 9.62 Å². The van der Waals surface area contributed by atoms with Crippen molar-refractivity contribution in [2.24, 2.45) is 0 Å². The molecule has 1 aliphatic rings. The van der Waals surface area contributed by atoms with E-state index in [2.05, 4.69) is 5.32 Å². The Morgan fingerprint density at radius 3 is 2.52 bits per heavy atom. The SMILES string of the molecule is O=C(NCc1ccc2ccccc2c1)[C@@H]1CCCN1S(=O)(=O)c1ccc(Cl)cc1. The number of benzene rings is 3. The van der Waals surface area contributed by atoms with Crippen molar-refractivity contribution in [2.75, 3.05) is 6.54 Å². The highest BCUT2D eigenvalue weighted by molar-refractivity contribution is 7.89. The standard InChI is InChI=1S/C22H21ClN2O3S/c23-19-9-11-20(12-10-19)29(27,28)25-13-3-6-21(25)22(26)24-15-16-7-8-17-4-1-2-5-18(17)14-16/h1-2,4-5,7-12,14,21H,3,6,13,15H2,(H,24,26)/t21-/m0/s1. The third-order valence-electron chi connectivity index (χ3n) is 5.21. The zero-order chi connectivity index (χ0) is 20.4. The summed E-state index contributed by atoms with van der Waals surface area (Å²) in [6.07, 6.45) is 1.16. The number of carbonyl (C=O) groups excluding carboxylic acids is 1. The Labute approximate surface area is 175 Å². The molecule has 1 saturated heterocycles. The van der Waals surface area contributed by atoms with Crippen molar-refractivity contribution in [3.8, 4) is 0 Å². The van der Waals surface area contributed by atoms with Crippen molar-refractivity contribution < 1.29 is 13.2 Å². The molecular weight excluding hydrogens is 408 g/mol. The minimum absolute atomic E-state index is 0.149. The number of nitrogens with zero attached hydrogens (tertiary/aromatic N) is 1. The molecule has 7 heteroatoms. The van der Waals surface area contributed by atoms with E-state index in [1.165, 1.54) is 16.4 Å². The van der Waals surface area contributed by atoms with E-state index in [0.717, 1.165) is 16.3 Å². The largest absolute Gasteiger partial charge is 0.351 e. The number of nitrogens with one attached hydrogen (secondary N) is 1. The zero-order valence-corrected chi connectivity index (χ0v) is 17.3. The molecule has 1 N–H and O–H groups in total. The number of amides is 1. The highest BCUT2D eigenvalue weighted by Crippen LogP contribution is 2.27. The fourth-order valence-corrected chi connectivity index (χ4v) is 5.47. The molecule has 0 aromatic heterocycles. The van der Waals surface area contributed by atoms with Crippen LogP contribution in [0.3, 0.4) is 0 Å². The summed E-state index contributed by atoms with van der Waals surface area (Å²) in [5.74, 6) is -0.270. The van der Waals surface area contributed by atoms with E-state index < -0.39 is 16.1 Å². The molecule has 3 aromatic carbocycles. The zero-order valence-electron chi connectivity index (χ0n) is 15.7. The molecule has 1 atom stereocenters. The Bertz CT molecular complexity index is 1150. The second kappa shape index (κ2) is 8.14. The fraction of sp³-hybridized carbons (Fsp3) is 0.227. The van der Waals surface area contributed by atoms with Gasteiger partial charge in [-0.05, 0) is 59.5 Å². The third kappa shape index (κ3) is 4.15. The topological polar surface area (TPSA) is 66.5 Å². The lowest BCUT2D eigenvalue weighted by atomic mass is 10.1. The van der Waals surface area contributed by atoms with Gasteiger partial charge in [0.1, 0.15) is 6.04 Å². The molecule has 0 unspecified atom stereocenters. The van der Waals surface area contributed by atoms with Gasteiger partial charge in [-0.2, -0.15) is 4.31 Å². The van der Waals surface area contributed by atoms with E-state index >= 15 is 0 Å². The highest BCUT2D eigenvalue weighted by atomic mass is 35.5. The lowest BCUT2D eigenvalue weighted by Gasteiger charge is -2.23. The summed E-state index contributed by atoms with van der Waals surface area (Å²) in [4.78, 5) is 12.9. The number of hydrogen-bond acceptors (Lipinski definition) is 3. The average molecular weight is 429 g/mol. The van der Waals surface area contributed by atoms with Gasteiger partial charge in [0.2, 0.25) is 15.9 Å². The van der Waals surface area contributed by atoms with Gasteiger partial charge in [-0.25, -0.2) is 8.42 Å². The van der Waals surface area contributed by atoms with E-state index in [1.54, 1.807) is 12.1 Å². The minimum atomic E-state index is -3.75. The van der Waals surface area contributed by atoms with Gasteiger partial charge in [0.05, 0.1) is 4.90 Å². The molecule has 1 heterocycles. The van der Waals surface area contributed by atoms with Gasteiger partial charge in [0.15, 0.2) is 0 Å². The summed E-state index contributed by atoms with van der Waals surface area (Å²) in [5.41, 5.74) is 0.974. The maximum absolute atomic E-state index is 13.0. The molecular formula is C22H21ClN2O3S. The molecule has 150 valence electrons. The van der Waals surface area contributed by atoms with Crippen LogP contribution in [0.5, 0.6) is 0 Å². The first-order valence-electron chi connectivity index (χ1n) is 9.48. The Kier molecular flexibility index (Phi) is 5.58. The number of carbonyl (C=O) groups is 1. The number of sulfonamides is 1. The maximum Gasteiger partial charge on any atom is 0.243 e. The van der Waals surface area contributed by atoms with Crippen LogP contribution < -0.4 is 5.32 Å². The van der Waals surface area contributed by atoms with Gasteiger partial charge in [-0.1, -0.05) is 48.0 Å². The van der Waals surface area contributed by atoms with Crippen LogP contribution in [-0.4, -0.2) is 31.2 Å². The molecule has 1 fully saturated rings. The van der Waals surface area contributed by atoms with Crippen LogP contribution >= 0.6 is 11.6 Å². The lowest BCUT2D eigenvalue weighted by molar-refractivity contribution is -0.124. The molecule has 0 bridgehead atoms. The summed E-state index contributed by atoms with van der Waals surface area (Å²) < 4.78 is 27.3. The van der Waals surface area contributed by atoms with Crippen LogP contribution in [0.25, 0.3) is 10.8 Å². The number of halogens is 1. The van der Waals surface area contributed by atoms with Crippen LogP contribution in [-0.2, 0) is 21.4 Å². The lowest BCUT2D eigenvalue weighted by Crippen LogP contribution is -2.45. The van der Waals surface area contributed by atoms with Crippen molar-refractivity contribution in [3.05, 3.63) is 77.3 Å². The second-order valence-corrected chi connectivity index (χ2v) is 9.45. The van der Waals surface area contributed by atoms with Gasteiger partial charge in [0.25, 0.3) is 0 Å². The van der Waals surface area contributed by atoms with E-state index in [9.17, 15) is 13.2 Å². The molecule has 4 rings (SSSR count). The average Bonchev–Trinajstić information content (AvgIpc) is 3.23. The predicted molar refractivity (Wildman–Crippen MR) is 114 cm³/mol. The minimum Gasteiger partial charge on any atom is -0.351 e. The van der Waals surface area contributed by atoms with Gasteiger partial charge in [-0.15, -0.1) is 0 Å². The van der Waals surface area contributed by atoms with Crippen molar-refractivity contribution in [3.63, 3.8) is 0 Å². The smallest absolute Gasteiger partial charge is 0.243 e. The third-order valence-corrected chi connectivity index (χ3v) is 7.38. The maximum atomic E-state index is 13.0. The van der Waals surface area contributed by atoms with Gasteiger partial charge in [0, 0.05) is 18.1 Å². The summed E-state index contributed by atoms with van der Waals surface area (Å²) in [7, 11) is -3.75. The summed E-state index contributed by atoms with van der Waals surface area (Å²) in [6, 6.07) is 19.4. The Balaban J connectivity index is 1.47. The second-order valence-electron chi connectivity index (χ2n) is 7.13. The number of hydrogen-bond donors (Lipinski definition) is 1. The summed E-state index contributed by atoms with van der Waals surface area (Å²) in [5, 5.41) is 5.61. The normalized spacial score (nSPS) is 17.5. The number of fused-ring (bicyclic) bond motifs is 1. The first-order valence-corrected chi connectivity index (χ1v) is 11.3. The number of rotatable bonds is 5. The van der Waals surface area contributed by atoms with Crippen molar-refractivity contribution in [1.29, 1.82) is 0 Å².